The second-order valence-electron chi connectivity index (χ2n) is 4.67. The molecule has 2 aromatic rings. The van der Waals surface area contributed by atoms with Crippen molar-refractivity contribution >= 4 is 11.8 Å². The van der Waals surface area contributed by atoms with Crippen molar-refractivity contribution in [2.75, 3.05) is 0 Å². The lowest BCUT2D eigenvalue weighted by atomic mass is 10.1. The minimum Gasteiger partial charge on any atom is -0.312 e. The zero-order chi connectivity index (χ0) is 12.5. The van der Waals surface area contributed by atoms with Gasteiger partial charge in [-0.3, -0.25) is 4.79 Å². The zero-order valence-corrected chi connectivity index (χ0v) is 11.1. The Balaban J connectivity index is 1.83. The molecule has 0 saturated carbocycles. The average Bonchev–Trinajstić information content (AvgIpc) is 2.76. The number of thioether (sulfide) groups is 1. The number of hydrogen-bond acceptors (Lipinski definition) is 2. The average molecular weight is 257 g/mol. The monoisotopic (exact) mass is 257 g/mol. The fourth-order valence-corrected chi connectivity index (χ4v) is 3.72. The molecule has 18 heavy (non-hydrogen) atoms. The van der Waals surface area contributed by atoms with E-state index in [2.05, 4.69) is 24.3 Å². The van der Waals surface area contributed by atoms with Crippen LogP contribution in [0, 0.1) is 6.92 Å². The molecule has 2 heterocycles. The number of pyridine rings is 1. The number of fused-ring (bicyclic) bond motifs is 1. The van der Waals surface area contributed by atoms with E-state index in [1.807, 2.05) is 35.4 Å². The van der Waals surface area contributed by atoms with Gasteiger partial charge >= 0.3 is 0 Å². The summed E-state index contributed by atoms with van der Waals surface area (Å²) in [5.74, 6) is 0. The molecular formula is C15H15NOS. The van der Waals surface area contributed by atoms with E-state index in [1.165, 1.54) is 10.5 Å². The Labute approximate surface area is 111 Å². The zero-order valence-electron chi connectivity index (χ0n) is 10.3. The van der Waals surface area contributed by atoms with Gasteiger partial charge in [0.25, 0.3) is 5.56 Å². The molecule has 1 unspecified atom stereocenters. The lowest BCUT2D eigenvalue weighted by molar-refractivity contribution is 0.625. The maximum atomic E-state index is 11.9. The van der Waals surface area contributed by atoms with Gasteiger partial charge in [0.05, 0.1) is 0 Å². The van der Waals surface area contributed by atoms with Crippen LogP contribution in [0.25, 0.3) is 0 Å². The third-order valence-corrected chi connectivity index (χ3v) is 4.67. The summed E-state index contributed by atoms with van der Waals surface area (Å²) in [6.07, 6.45) is 1.06. The molecule has 0 bridgehead atoms. The highest BCUT2D eigenvalue weighted by molar-refractivity contribution is 8.00. The van der Waals surface area contributed by atoms with Gasteiger partial charge in [0.15, 0.2) is 0 Å². The molecular weight excluding hydrogens is 242 g/mol. The number of aryl methyl sites for hydroxylation is 1. The fraction of sp³-hybridized carbons (Fsp3) is 0.267. The number of benzene rings is 1. The standard InChI is InChI=1S/C15H15NOS/c1-11-5-4-8-15(17)16(11)10-13-9-12-6-2-3-7-14(12)18-13/h2-8,13H,9-10H2,1H3. The Hall–Kier alpha value is -1.48. The molecule has 3 heteroatoms. The van der Waals surface area contributed by atoms with Crippen LogP contribution in [-0.2, 0) is 13.0 Å². The molecule has 92 valence electrons. The van der Waals surface area contributed by atoms with E-state index in [4.69, 9.17) is 0 Å². The van der Waals surface area contributed by atoms with Gasteiger partial charge < -0.3 is 4.57 Å². The second-order valence-corrected chi connectivity index (χ2v) is 6.01. The third kappa shape index (κ3) is 2.10. The van der Waals surface area contributed by atoms with Crippen molar-refractivity contribution < 1.29 is 0 Å². The Kier molecular flexibility index (Phi) is 3.00. The van der Waals surface area contributed by atoms with E-state index >= 15 is 0 Å². The lowest BCUT2D eigenvalue weighted by Crippen LogP contribution is -2.26. The van der Waals surface area contributed by atoms with Crippen molar-refractivity contribution in [3.63, 3.8) is 0 Å². The van der Waals surface area contributed by atoms with Crippen LogP contribution in [0.5, 0.6) is 0 Å². The van der Waals surface area contributed by atoms with E-state index in [0.717, 1.165) is 18.7 Å². The number of aromatic nitrogens is 1. The van der Waals surface area contributed by atoms with Gasteiger partial charge in [-0.1, -0.05) is 24.3 Å². The van der Waals surface area contributed by atoms with Crippen molar-refractivity contribution in [2.24, 2.45) is 0 Å². The van der Waals surface area contributed by atoms with E-state index < -0.39 is 0 Å². The largest absolute Gasteiger partial charge is 0.312 e. The molecule has 0 saturated heterocycles. The molecule has 0 N–H and O–H groups in total. The van der Waals surface area contributed by atoms with Gasteiger partial charge in [0.2, 0.25) is 0 Å². The minimum atomic E-state index is 0.103. The molecule has 1 aromatic carbocycles. The summed E-state index contributed by atoms with van der Waals surface area (Å²) in [5, 5.41) is 0.473. The first-order valence-corrected chi connectivity index (χ1v) is 7.03. The molecule has 1 aliphatic heterocycles. The van der Waals surface area contributed by atoms with Crippen molar-refractivity contribution in [3.8, 4) is 0 Å². The molecule has 1 aromatic heterocycles. The van der Waals surface area contributed by atoms with E-state index in [-0.39, 0.29) is 5.56 Å². The highest BCUT2D eigenvalue weighted by atomic mass is 32.2. The quantitative estimate of drug-likeness (QED) is 0.825. The van der Waals surface area contributed by atoms with Crippen LogP contribution in [-0.4, -0.2) is 9.82 Å². The van der Waals surface area contributed by atoms with E-state index in [9.17, 15) is 4.79 Å². The van der Waals surface area contributed by atoms with Crippen LogP contribution in [0.3, 0.4) is 0 Å². The van der Waals surface area contributed by atoms with Crippen LogP contribution in [0.4, 0.5) is 0 Å². The fourth-order valence-electron chi connectivity index (χ4n) is 2.42. The van der Waals surface area contributed by atoms with E-state index in [1.54, 1.807) is 6.07 Å². The molecule has 0 aliphatic carbocycles. The van der Waals surface area contributed by atoms with Crippen LogP contribution < -0.4 is 5.56 Å². The first kappa shape index (κ1) is 11.6. The Morgan fingerprint density at radius 3 is 2.83 bits per heavy atom. The van der Waals surface area contributed by atoms with Gasteiger partial charge in [-0.05, 0) is 31.0 Å². The number of hydrogen-bond donors (Lipinski definition) is 0. The molecule has 2 nitrogen and oxygen atoms in total. The molecule has 0 spiro atoms. The molecule has 3 rings (SSSR count). The molecule has 1 aliphatic rings. The van der Waals surface area contributed by atoms with Crippen LogP contribution in [0.15, 0.2) is 52.2 Å². The van der Waals surface area contributed by atoms with Crippen molar-refractivity contribution in [1.29, 1.82) is 0 Å². The van der Waals surface area contributed by atoms with Crippen LogP contribution >= 0.6 is 11.8 Å². The summed E-state index contributed by atoms with van der Waals surface area (Å²) in [5.41, 5.74) is 2.56. The Morgan fingerprint density at radius 1 is 1.22 bits per heavy atom. The van der Waals surface area contributed by atoms with Gasteiger partial charge in [0, 0.05) is 28.5 Å². The molecule has 0 amide bonds. The van der Waals surface area contributed by atoms with Gasteiger partial charge in [-0.15, -0.1) is 11.8 Å². The Morgan fingerprint density at radius 2 is 2.06 bits per heavy atom. The minimum absolute atomic E-state index is 0.103. The first-order chi connectivity index (χ1) is 8.74. The van der Waals surface area contributed by atoms with Crippen molar-refractivity contribution in [2.45, 2.75) is 30.0 Å². The first-order valence-electron chi connectivity index (χ1n) is 6.15. The maximum Gasteiger partial charge on any atom is 0.250 e. The summed E-state index contributed by atoms with van der Waals surface area (Å²) >= 11 is 1.89. The maximum absolute atomic E-state index is 11.9. The second kappa shape index (κ2) is 4.65. The number of rotatable bonds is 2. The van der Waals surface area contributed by atoms with Gasteiger partial charge in [-0.25, -0.2) is 0 Å². The summed E-state index contributed by atoms with van der Waals surface area (Å²) in [6.45, 7) is 2.79. The van der Waals surface area contributed by atoms with Gasteiger partial charge in [-0.2, -0.15) is 0 Å². The molecule has 1 atom stereocenters. The smallest absolute Gasteiger partial charge is 0.250 e. The predicted molar refractivity (Wildman–Crippen MR) is 75.2 cm³/mol. The summed E-state index contributed by atoms with van der Waals surface area (Å²) in [6, 6.07) is 14.0. The number of nitrogens with zero attached hydrogens (tertiary/aromatic N) is 1. The van der Waals surface area contributed by atoms with Crippen LogP contribution in [0.2, 0.25) is 0 Å². The summed E-state index contributed by atoms with van der Waals surface area (Å²) < 4.78 is 1.88. The van der Waals surface area contributed by atoms with Crippen molar-refractivity contribution in [1.82, 2.24) is 4.57 Å². The van der Waals surface area contributed by atoms with Crippen molar-refractivity contribution in [3.05, 3.63) is 64.1 Å². The predicted octanol–water partition coefficient (Wildman–Crippen LogP) is 2.87. The van der Waals surface area contributed by atoms with Crippen LogP contribution in [0.1, 0.15) is 11.3 Å². The highest BCUT2D eigenvalue weighted by Crippen LogP contribution is 2.37. The third-order valence-electron chi connectivity index (χ3n) is 3.37. The van der Waals surface area contributed by atoms with Gasteiger partial charge in [0.1, 0.15) is 0 Å². The van der Waals surface area contributed by atoms with E-state index in [0.29, 0.717) is 5.25 Å². The molecule has 0 fully saturated rings. The summed E-state index contributed by atoms with van der Waals surface area (Å²) in [4.78, 5) is 13.2. The summed E-state index contributed by atoms with van der Waals surface area (Å²) in [7, 11) is 0. The highest BCUT2D eigenvalue weighted by Gasteiger charge is 2.22. The lowest BCUT2D eigenvalue weighted by Gasteiger charge is -2.13. The molecule has 0 radical (unpaired) electrons. The SMILES string of the molecule is Cc1cccc(=O)n1CC1Cc2ccccc2S1. The topological polar surface area (TPSA) is 22.0 Å². The normalized spacial score (nSPS) is 17.7. The Bertz CT molecular complexity index is 607.